The highest BCUT2D eigenvalue weighted by molar-refractivity contribution is 5.77. The Morgan fingerprint density at radius 2 is 1.85 bits per heavy atom. The van der Waals surface area contributed by atoms with Crippen molar-refractivity contribution >= 4 is 5.91 Å². The van der Waals surface area contributed by atoms with Crippen molar-refractivity contribution in [3.63, 3.8) is 0 Å². The van der Waals surface area contributed by atoms with Crippen LogP contribution in [0.15, 0.2) is 0 Å². The fraction of sp³-hybridized carbons (Fsp3) is 0.938. The lowest BCUT2D eigenvalue weighted by atomic mass is 9.90. The van der Waals surface area contributed by atoms with E-state index in [0.717, 1.165) is 32.7 Å². The molecule has 20 heavy (non-hydrogen) atoms. The van der Waals surface area contributed by atoms with Crippen LogP contribution in [0.2, 0.25) is 0 Å². The molecule has 2 aliphatic heterocycles. The lowest BCUT2D eigenvalue weighted by Gasteiger charge is -2.42. The van der Waals surface area contributed by atoms with E-state index in [4.69, 9.17) is 0 Å². The first-order chi connectivity index (χ1) is 9.38. The maximum Gasteiger partial charge on any atom is 0.224 e. The number of hydrogen-bond donors (Lipinski definition) is 1. The molecule has 0 radical (unpaired) electrons. The van der Waals surface area contributed by atoms with Crippen molar-refractivity contribution in [2.45, 2.75) is 58.5 Å². The van der Waals surface area contributed by atoms with E-state index in [-0.39, 0.29) is 5.54 Å². The monoisotopic (exact) mass is 281 g/mol. The molecule has 0 saturated carbocycles. The molecule has 2 rings (SSSR count). The van der Waals surface area contributed by atoms with Gasteiger partial charge in [0.05, 0.1) is 0 Å². The maximum atomic E-state index is 12.4. The predicted molar refractivity (Wildman–Crippen MR) is 82.7 cm³/mol. The van der Waals surface area contributed by atoms with Crippen LogP contribution < -0.4 is 5.32 Å². The molecule has 4 nitrogen and oxygen atoms in total. The number of amides is 1. The van der Waals surface area contributed by atoms with Crippen molar-refractivity contribution in [2.75, 3.05) is 32.7 Å². The van der Waals surface area contributed by atoms with Gasteiger partial charge in [0.25, 0.3) is 0 Å². The normalized spacial score (nSPS) is 29.5. The third-order valence-electron chi connectivity index (χ3n) is 4.91. The number of nitrogens with zero attached hydrogens (tertiary/aromatic N) is 2. The molecule has 4 heteroatoms. The van der Waals surface area contributed by atoms with E-state index in [1.165, 1.54) is 12.8 Å². The van der Waals surface area contributed by atoms with Crippen LogP contribution in [0.1, 0.15) is 47.0 Å². The zero-order valence-electron chi connectivity index (χ0n) is 13.6. The number of hydrogen-bond acceptors (Lipinski definition) is 3. The summed E-state index contributed by atoms with van der Waals surface area (Å²) in [4.78, 5) is 17.0. The highest BCUT2D eigenvalue weighted by Crippen LogP contribution is 2.20. The molecular weight excluding hydrogens is 250 g/mol. The Hall–Kier alpha value is -0.610. The first-order valence-electron chi connectivity index (χ1n) is 8.14. The molecule has 2 aliphatic rings. The van der Waals surface area contributed by atoms with Gasteiger partial charge in [-0.15, -0.1) is 0 Å². The summed E-state index contributed by atoms with van der Waals surface area (Å²) in [6, 6.07) is 0.386. The smallest absolute Gasteiger partial charge is 0.224 e. The molecule has 2 unspecified atom stereocenters. The van der Waals surface area contributed by atoms with Crippen molar-refractivity contribution in [3.8, 4) is 0 Å². The number of carbonyl (C=O) groups excluding carboxylic acids is 1. The van der Waals surface area contributed by atoms with Crippen molar-refractivity contribution in [1.82, 2.24) is 15.1 Å². The Bertz CT molecular complexity index is 329. The van der Waals surface area contributed by atoms with Gasteiger partial charge in [-0.1, -0.05) is 6.92 Å². The largest absolute Gasteiger partial charge is 0.340 e. The summed E-state index contributed by atoms with van der Waals surface area (Å²) in [5.74, 6) is 0.966. The first kappa shape index (κ1) is 15.8. The highest BCUT2D eigenvalue weighted by atomic mass is 16.2. The SMILES string of the molecule is CC1CCCNC1CC(=O)N1CCN(C(C)(C)C)CC1. The second-order valence-corrected chi connectivity index (χ2v) is 7.42. The molecule has 0 aromatic rings. The summed E-state index contributed by atoms with van der Waals surface area (Å²) in [5, 5.41) is 3.51. The van der Waals surface area contributed by atoms with Gasteiger partial charge in [-0.2, -0.15) is 0 Å². The van der Waals surface area contributed by atoms with Crippen LogP contribution in [-0.2, 0) is 4.79 Å². The van der Waals surface area contributed by atoms with Crippen LogP contribution in [0.3, 0.4) is 0 Å². The Kier molecular flexibility index (Phi) is 5.08. The molecule has 0 aromatic carbocycles. The molecule has 1 N–H and O–H groups in total. The highest BCUT2D eigenvalue weighted by Gasteiger charge is 2.30. The molecule has 1 amide bonds. The van der Waals surface area contributed by atoms with Crippen LogP contribution in [-0.4, -0.2) is 60.0 Å². The summed E-state index contributed by atoms with van der Waals surface area (Å²) < 4.78 is 0. The van der Waals surface area contributed by atoms with Crippen LogP contribution in [0.4, 0.5) is 0 Å². The van der Waals surface area contributed by atoms with Gasteiger partial charge in [-0.3, -0.25) is 9.69 Å². The quantitative estimate of drug-likeness (QED) is 0.837. The average molecular weight is 281 g/mol. The zero-order chi connectivity index (χ0) is 14.8. The van der Waals surface area contributed by atoms with Crippen molar-refractivity contribution in [2.24, 2.45) is 5.92 Å². The number of piperazine rings is 1. The first-order valence-corrected chi connectivity index (χ1v) is 8.14. The summed E-state index contributed by atoms with van der Waals surface area (Å²) in [7, 11) is 0. The van der Waals surface area contributed by atoms with Crippen molar-refractivity contribution < 1.29 is 4.79 Å². The number of piperidine rings is 1. The summed E-state index contributed by atoms with van der Waals surface area (Å²) in [6.07, 6.45) is 3.18. The van der Waals surface area contributed by atoms with Crippen molar-refractivity contribution in [3.05, 3.63) is 0 Å². The van der Waals surface area contributed by atoms with E-state index in [1.54, 1.807) is 0 Å². The average Bonchev–Trinajstić information content (AvgIpc) is 2.40. The van der Waals surface area contributed by atoms with Crippen LogP contribution in [0.25, 0.3) is 0 Å². The molecule has 0 aromatic heterocycles. The van der Waals surface area contributed by atoms with E-state index < -0.39 is 0 Å². The lowest BCUT2D eigenvalue weighted by molar-refractivity contribution is -0.134. The van der Waals surface area contributed by atoms with Gasteiger partial charge in [0.2, 0.25) is 5.91 Å². The van der Waals surface area contributed by atoms with Crippen LogP contribution in [0.5, 0.6) is 0 Å². The Morgan fingerprint density at radius 3 is 2.40 bits per heavy atom. The molecule has 2 atom stereocenters. The number of carbonyl (C=O) groups is 1. The van der Waals surface area contributed by atoms with Gasteiger partial charge in [-0.05, 0) is 46.1 Å². The van der Waals surface area contributed by atoms with E-state index in [0.29, 0.717) is 24.3 Å². The number of nitrogens with one attached hydrogen (secondary N) is 1. The van der Waals surface area contributed by atoms with Gasteiger partial charge in [-0.25, -0.2) is 0 Å². The minimum absolute atomic E-state index is 0.217. The van der Waals surface area contributed by atoms with Gasteiger partial charge in [0.15, 0.2) is 0 Å². The van der Waals surface area contributed by atoms with E-state index in [1.807, 2.05) is 0 Å². The third kappa shape index (κ3) is 3.95. The summed E-state index contributed by atoms with van der Waals surface area (Å²) in [6.45, 7) is 13.9. The molecule has 2 heterocycles. The van der Waals surface area contributed by atoms with Crippen molar-refractivity contribution in [1.29, 1.82) is 0 Å². The molecule has 2 fully saturated rings. The molecule has 0 aliphatic carbocycles. The fourth-order valence-electron chi connectivity index (χ4n) is 3.33. The summed E-state index contributed by atoms with van der Waals surface area (Å²) in [5.41, 5.74) is 0.217. The number of rotatable bonds is 2. The second kappa shape index (κ2) is 6.44. The van der Waals surface area contributed by atoms with Crippen LogP contribution >= 0.6 is 0 Å². The Morgan fingerprint density at radius 1 is 1.20 bits per heavy atom. The molecule has 2 saturated heterocycles. The third-order valence-corrected chi connectivity index (χ3v) is 4.91. The predicted octanol–water partition coefficient (Wildman–Crippen LogP) is 1.71. The van der Waals surface area contributed by atoms with Crippen LogP contribution in [0, 0.1) is 5.92 Å². The van der Waals surface area contributed by atoms with E-state index in [9.17, 15) is 4.79 Å². The van der Waals surface area contributed by atoms with E-state index >= 15 is 0 Å². The van der Waals surface area contributed by atoms with Gasteiger partial charge >= 0.3 is 0 Å². The second-order valence-electron chi connectivity index (χ2n) is 7.42. The summed E-state index contributed by atoms with van der Waals surface area (Å²) >= 11 is 0. The lowest BCUT2D eigenvalue weighted by Crippen LogP contribution is -2.55. The Labute approximate surface area is 123 Å². The molecule has 0 spiro atoms. The molecule has 0 bridgehead atoms. The topological polar surface area (TPSA) is 35.6 Å². The minimum atomic E-state index is 0.217. The van der Waals surface area contributed by atoms with Gasteiger partial charge in [0, 0.05) is 44.2 Å². The van der Waals surface area contributed by atoms with Gasteiger partial charge in [0.1, 0.15) is 0 Å². The van der Waals surface area contributed by atoms with Gasteiger partial charge < -0.3 is 10.2 Å². The fourth-order valence-corrected chi connectivity index (χ4v) is 3.33. The van der Waals surface area contributed by atoms with E-state index in [2.05, 4.69) is 42.8 Å². The Balaban J connectivity index is 1.80. The molecular formula is C16H31N3O. The minimum Gasteiger partial charge on any atom is -0.340 e. The molecule has 116 valence electrons. The standard InChI is InChI=1S/C16H31N3O/c1-13-6-5-7-17-14(13)12-15(20)18-8-10-19(11-9-18)16(2,3)4/h13-14,17H,5-12H2,1-4H3. The zero-order valence-corrected chi connectivity index (χ0v) is 13.6. The maximum absolute atomic E-state index is 12.4.